The van der Waals surface area contributed by atoms with Gasteiger partial charge in [-0.2, -0.15) is 11.8 Å². The molecule has 6 rings (SSSR count). The Morgan fingerprint density at radius 2 is 0.925 bits per heavy atom. The molecule has 0 bridgehead atoms. The molecule has 0 saturated heterocycles. The summed E-state index contributed by atoms with van der Waals surface area (Å²) < 4.78 is 32.5. The second kappa shape index (κ2) is 15.0. The van der Waals surface area contributed by atoms with Crippen LogP contribution in [0.5, 0.6) is 0 Å². The van der Waals surface area contributed by atoms with Gasteiger partial charge in [-0.25, -0.2) is 0 Å². The third-order valence-corrected chi connectivity index (χ3v) is 10.6. The SMILES string of the molecule is CC(=O)OCOC(=O)C(C)(CSCC(C)(C(=O)OCOC(C)=O)c1ccc2oc3ccccc3c(=O)c2c1)c1ccc2oc3ccccc3c(=O)c2c1. The maximum absolute atomic E-state index is 13.8. The molecule has 0 amide bonds. The third-order valence-electron chi connectivity index (χ3n) is 9.01. The Morgan fingerprint density at radius 3 is 1.32 bits per heavy atom. The average Bonchev–Trinajstić information content (AvgIpc) is 3.14. The Balaban J connectivity index is 1.37. The molecule has 0 radical (unpaired) electrons. The molecule has 4 aromatic carbocycles. The van der Waals surface area contributed by atoms with Crippen molar-refractivity contribution in [2.45, 2.75) is 38.5 Å². The highest BCUT2D eigenvalue weighted by Crippen LogP contribution is 2.37. The van der Waals surface area contributed by atoms with Gasteiger partial charge in [0, 0.05) is 25.4 Å². The monoisotopic (exact) mass is 738 g/mol. The van der Waals surface area contributed by atoms with E-state index in [9.17, 15) is 28.8 Å². The zero-order chi connectivity index (χ0) is 37.9. The maximum atomic E-state index is 13.8. The van der Waals surface area contributed by atoms with Crippen molar-refractivity contribution in [2.24, 2.45) is 0 Å². The van der Waals surface area contributed by atoms with Crippen molar-refractivity contribution in [1.82, 2.24) is 0 Å². The molecule has 0 aliphatic heterocycles. The molecular formula is C40H34O12S. The number of rotatable bonds is 12. The number of carbonyl (C=O) groups excluding carboxylic acids is 4. The summed E-state index contributed by atoms with van der Waals surface area (Å²) in [6.07, 6.45) is 0. The fourth-order valence-corrected chi connectivity index (χ4v) is 7.41. The Labute approximate surface area is 305 Å². The van der Waals surface area contributed by atoms with Crippen LogP contribution in [0, 0.1) is 0 Å². The summed E-state index contributed by atoms with van der Waals surface area (Å²) in [4.78, 5) is 77.6. The summed E-state index contributed by atoms with van der Waals surface area (Å²) >= 11 is 1.20. The Hall–Kier alpha value is -5.95. The summed E-state index contributed by atoms with van der Waals surface area (Å²) in [7, 11) is 0. The van der Waals surface area contributed by atoms with Gasteiger partial charge in [-0.15, -0.1) is 0 Å². The van der Waals surface area contributed by atoms with Crippen molar-refractivity contribution in [3.8, 4) is 0 Å². The van der Waals surface area contributed by atoms with Crippen molar-refractivity contribution in [3.63, 3.8) is 0 Å². The molecule has 0 fully saturated rings. The molecular weight excluding hydrogens is 704 g/mol. The first kappa shape index (κ1) is 36.8. The van der Waals surface area contributed by atoms with Crippen LogP contribution in [-0.2, 0) is 49.0 Å². The number of fused-ring (bicyclic) bond motifs is 4. The van der Waals surface area contributed by atoms with Gasteiger partial charge in [0.15, 0.2) is 0 Å². The van der Waals surface area contributed by atoms with Crippen LogP contribution in [0.4, 0.5) is 0 Å². The first-order valence-corrected chi connectivity index (χ1v) is 17.6. The van der Waals surface area contributed by atoms with Crippen LogP contribution in [0.2, 0.25) is 0 Å². The van der Waals surface area contributed by atoms with E-state index in [0.29, 0.717) is 44.2 Å². The highest BCUT2D eigenvalue weighted by atomic mass is 32.2. The van der Waals surface area contributed by atoms with Crippen LogP contribution in [0.25, 0.3) is 43.9 Å². The quantitative estimate of drug-likeness (QED) is 0.0783. The normalized spacial score (nSPS) is 13.7. The number of thioether (sulfide) groups is 1. The number of benzene rings is 4. The number of carbonyl (C=O) groups is 4. The molecule has 53 heavy (non-hydrogen) atoms. The molecule has 0 aliphatic rings. The van der Waals surface area contributed by atoms with Crippen molar-refractivity contribution >= 4 is 79.5 Å². The molecule has 0 N–H and O–H groups in total. The van der Waals surface area contributed by atoms with E-state index in [-0.39, 0.29) is 33.1 Å². The predicted octanol–water partition coefficient (Wildman–Crippen LogP) is 6.28. The molecule has 2 unspecified atom stereocenters. The highest BCUT2D eigenvalue weighted by molar-refractivity contribution is 7.99. The van der Waals surface area contributed by atoms with E-state index >= 15 is 0 Å². The van der Waals surface area contributed by atoms with Crippen LogP contribution in [0.1, 0.15) is 38.8 Å². The van der Waals surface area contributed by atoms with Crippen LogP contribution in [0.15, 0.2) is 103 Å². The van der Waals surface area contributed by atoms with Gasteiger partial charge >= 0.3 is 23.9 Å². The van der Waals surface area contributed by atoms with Crippen LogP contribution >= 0.6 is 11.8 Å². The number of para-hydroxylation sites is 2. The lowest BCUT2D eigenvalue weighted by Crippen LogP contribution is -2.41. The highest BCUT2D eigenvalue weighted by Gasteiger charge is 2.42. The molecule has 13 heteroatoms. The minimum absolute atomic E-state index is 0.00347. The molecule has 12 nitrogen and oxygen atoms in total. The van der Waals surface area contributed by atoms with E-state index in [1.54, 1.807) is 98.8 Å². The van der Waals surface area contributed by atoms with Crippen LogP contribution < -0.4 is 10.9 Å². The summed E-state index contributed by atoms with van der Waals surface area (Å²) in [5.74, 6) is -2.81. The lowest BCUT2D eigenvalue weighted by molar-refractivity contribution is -0.170. The number of hydrogen-bond acceptors (Lipinski definition) is 13. The second-order valence-electron chi connectivity index (χ2n) is 12.8. The van der Waals surface area contributed by atoms with Gasteiger partial charge in [-0.3, -0.25) is 28.8 Å². The van der Waals surface area contributed by atoms with E-state index in [0.717, 1.165) is 0 Å². The van der Waals surface area contributed by atoms with Gasteiger partial charge < -0.3 is 27.8 Å². The molecule has 272 valence electrons. The van der Waals surface area contributed by atoms with Gasteiger partial charge in [-0.05, 0) is 73.5 Å². The van der Waals surface area contributed by atoms with Gasteiger partial charge in [0.1, 0.15) is 22.3 Å². The molecule has 0 spiro atoms. The number of ether oxygens (including phenoxy) is 4. The first-order chi connectivity index (χ1) is 25.3. The van der Waals surface area contributed by atoms with E-state index in [4.69, 9.17) is 27.8 Å². The molecule has 0 aliphatic carbocycles. The zero-order valence-electron chi connectivity index (χ0n) is 29.2. The van der Waals surface area contributed by atoms with E-state index in [1.807, 2.05) is 0 Å². The summed E-state index contributed by atoms with van der Waals surface area (Å²) in [6, 6.07) is 23.3. The minimum atomic E-state index is -1.46. The molecule has 2 heterocycles. The number of esters is 4. The van der Waals surface area contributed by atoms with Crippen molar-refractivity contribution < 1.29 is 47.0 Å². The lowest BCUT2D eigenvalue weighted by atomic mass is 9.83. The second-order valence-corrected chi connectivity index (χ2v) is 13.8. The van der Waals surface area contributed by atoms with Crippen LogP contribution in [0.3, 0.4) is 0 Å². The van der Waals surface area contributed by atoms with Crippen molar-refractivity contribution in [3.05, 3.63) is 117 Å². The predicted molar refractivity (Wildman–Crippen MR) is 197 cm³/mol. The number of hydrogen-bond donors (Lipinski definition) is 0. The molecule has 2 aromatic heterocycles. The maximum Gasteiger partial charge on any atom is 0.320 e. The fourth-order valence-electron chi connectivity index (χ4n) is 5.92. The lowest BCUT2D eigenvalue weighted by Gasteiger charge is -2.31. The van der Waals surface area contributed by atoms with Gasteiger partial charge in [0.05, 0.1) is 32.4 Å². The molecule has 2 atom stereocenters. The summed E-state index contributed by atoms with van der Waals surface area (Å²) in [5.41, 5.74) is -1.22. The molecule has 0 saturated carbocycles. The smallest absolute Gasteiger partial charge is 0.320 e. The van der Waals surface area contributed by atoms with Gasteiger partial charge in [0.25, 0.3) is 0 Å². The van der Waals surface area contributed by atoms with Gasteiger partial charge in [-0.1, -0.05) is 36.4 Å². The van der Waals surface area contributed by atoms with Gasteiger partial charge in [0.2, 0.25) is 24.4 Å². The largest absolute Gasteiger partial charge is 0.456 e. The van der Waals surface area contributed by atoms with Crippen molar-refractivity contribution in [1.29, 1.82) is 0 Å². The van der Waals surface area contributed by atoms with E-state index in [1.165, 1.54) is 25.6 Å². The fraction of sp³-hybridized carbons (Fsp3) is 0.250. The first-order valence-electron chi connectivity index (χ1n) is 16.4. The van der Waals surface area contributed by atoms with Crippen LogP contribution in [-0.4, -0.2) is 49.0 Å². The molecule has 6 aromatic rings. The van der Waals surface area contributed by atoms with E-state index < -0.39 is 48.3 Å². The standard InChI is InChI=1S/C40H34O12S/c1-23(41)47-21-49-37(45)39(3,25-13-15-33-29(17-25)35(43)27-9-5-7-11-31(27)51-33)19-53-20-40(4,38(46)50-22-48-24(2)42)26-14-16-34-30(18-26)36(44)28-10-6-8-12-32(28)52-34/h5-18H,19-22H2,1-4H3. The Morgan fingerprint density at radius 1 is 0.547 bits per heavy atom. The summed E-state index contributed by atoms with van der Waals surface area (Å²) in [6.45, 7) is 4.31. The minimum Gasteiger partial charge on any atom is -0.456 e. The Kier molecular flexibility index (Phi) is 10.4. The average molecular weight is 739 g/mol. The third kappa shape index (κ3) is 7.38. The topological polar surface area (TPSA) is 166 Å². The summed E-state index contributed by atoms with van der Waals surface area (Å²) in [5, 5.41) is 1.22. The Bertz CT molecular complexity index is 2360. The van der Waals surface area contributed by atoms with E-state index in [2.05, 4.69) is 0 Å². The zero-order valence-corrected chi connectivity index (χ0v) is 30.0. The van der Waals surface area contributed by atoms with Crippen molar-refractivity contribution in [2.75, 3.05) is 25.1 Å².